The molecule has 134 valence electrons. The standard InChI is InChI=1S/C13H26N6O2S.HI/c1-4-14-13(16-11-12-7-10-17-19(12)3)15-8-6-9-18-22(20,21)5-2;/h7,10,18H,4-6,8-9,11H2,1-3H3,(H2,14,15,16);1H. The summed E-state index contributed by atoms with van der Waals surface area (Å²) in [4.78, 5) is 4.47. The molecule has 3 N–H and O–H groups in total. The minimum atomic E-state index is -3.11. The number of hydrogen-bond donors (Lipinski definition) is 3. The van der Waals surface area contributed by atoms with Gasteiger partial charge >= 0.3 is 0 Å². The number of halogens is 1. The van der Waals surface area contributed by atoms with Gasteiger partial charge in [0.25, 0.3) is 0 Å². The lowest BCUT2D eigenvalue weighted by molar-refractivity contribution is 0.579. The van der Waals surface area contributed by atoms with E-state index in [9.17, 15) is 8.42 Å². The molecular weight excluding hydrogens is 431 g/mol. The summed E-state index contributed by atoms with van der Waals surface area (Å²) in [5.41, 5.74) is 1.02. The second kappa shape index (κ2) is 11.6. The van der Waals surface area contributed by atoms with Crippen LogP contribution in [0.25, 0.3) is 0 Å². The first kappa shape index (κ1) is 22.1. The van der Waals surface area contributed by atoms with E-state index in [4.69, 9.17) is 0 Å². The fraction of sp³-hybridized carbons (Fsp3) is 0.692. The highest BCUT2D eigenvalue weighted by Gasteiger charge is 2.04. The van der Waals surface area contributed by atoms with Crippen molar-refractivity contribution in [3.8, 4) is 0 Å². The summed E-state index contributed by atoms with van der Waals surface area (Å²) in [5.74, 6) is 0.817. The minimum absolute atomic E-state index is 0. The molecule has 0 unspecified atom stereocenters. The fourth-order valence-corrected chi connectivity index (χ4v) is 2.34. The first-order valence-corrected chi connectivity index (χ1v) is 9.10. The van der Waals surface area contributed by atoms with Crippen LogP contribution in [0.5, 0.6) is 0 Å². The molecule has 0 radical (unpaired) electrons. The summed E-state index contributed by atoms with van der Waals surface area (Å²) in [7, 11) is -1.23. The Morgan fingerprint density at radius 1 is 1.30 bits per heavy atom. The van der Waals surface area contributed by atoms with Crippen LogP contribution >= 0.6 is 24.0 Å². The molecule has 0 aromatic carbocycles. The molecule has 0 aliphatic carbocycles. The van der Waals surface area contributed by atoms with E-state index in [2.05, 4.69) is 25.4 Å². The number of nitrogens with zero attached hydrogens (tertiary/aromatic N) is 3. The smallest absolute Gasteiger partial charge is 0.211 e. The summed E-state index contributed by atoms with van der Waals surface area (Å²) in [6, 6.07) is 1.92. The summed E-state index contributed by atoms with van der Waals surface area (Å²) in [6.45, 7) is 5.98. The van der Waals surface area contributed by atoms with Crippen LogP contribution in [0.1, 0.15) is 26.0 Å². The van der Waals surface area contributed by atoms with E-state index in [1.54, 1.807) is 17.8 Å². The molecule has 0 saturated carbocycles. The third-order valence-corrected chi connectivity index (χ3v) is 4.42. The number of guanidine groups is 1. The first-order valence-electron chi connectivity index (χ1n) is 7.45. The maximum Gasteiger partial charge on any atom is 0.211 e. The van der Waals surface area contributed by atoms with Gasteiger partial charge in [-0.1, -0.05) is 0 Å². The molecule has 1 aromatic rings. The van der Waals surface area contributed by atoms with Gasteiger partial charge in [-0.2, -0.15) is 5.10 Å². The van der Waals surface area contributed by atoms with Gasteiger partial charge in [0.15, 0.2) is 5.96 Å². The molecule has 0 saturated heterocycles. The lowest BCUT2D eigenvalue weighted by atomic mass is 10.4. The van der Waals surface area contributed by atoms with Crippen LogP contribution in [-0.4, -0.2) is 49.5 Å². The van der Waals surface area contributed by atoms with E-state index < -0.39 is 10.0 Å². The second-order valence-electron chi connectivity index (χ2n) is 4.72. The van der Waals surface area contributed by atoms with Crippen molar-refractivity contribution < 1.29 is 8.42 Å². The van der Waals surface area contributed by atoms with Crippen LogP contribution < -0.4 is 15.4 Å². The number of rotatable bonds is 9. The number of sulfonamides is 1. The van der Waals surface area contributed by atoms with Crippen molar-refractivity contribution in [2.45, 2.75) is 26.8 Å². The Hall–Kier alpha value is -0.880. The van der Waals surface area contributed by atoms with E-state index in [1.165, 1.54) is 0 Å². The Bertz CT molecular complexity index is 573. The van der Waals surface area contributed by atoms with Gasteiger partial charge in [-0.15, -0.1) is 24.0 Å². The first-order chi connectivity index (χ1) is 10.5. The molecular formula is C13H27IN6O2S. The summed E-state index contributed by atoms with van der Waals surface area (Å²) < 4.78 is 26.9. The number of nitrogens with one attached hydrogen (secondary N) is 3. The molecule has 0 atom stereocenters. The average molecular weight is 458 g/mol. The molecule has 0 amide bonds. The summed E-state index contributed by atoms with van der Waals surface area (Å²) in [6.07, 6.45) is 2.43. The Morgan fingerprint density at radius 2 is 2.04 bits per heavy atom. The lowest BCUT2D eigenvalue weighted by Gasteiger charge is -2.11. The predicted octanol–water partition coefficient (Wildman–Crippen LogP) is 0.423. The van der Waals surface area contributed by atoms with Gasteiger partial charge in [-0.25, -0.2) is 18.1 Å². The van der Waals surface area contributed by atoms with Gasteiger partial charge in [0, 0.05) is 32.9 Å². The third-order valence-electron chi connectivity index (χ3n) is 3.01. The number of aryl methyl sites for hydroxylation is 1. The molecule has 1 aromatic heterocycles. The Labute approximate surface area is 155 Å². The minimum Gasteiger partial charge on any atom is -0.357 e. The molecule has 0 fully saturated rings. The Balaban J connectivity index is 0.00000484. The largest absolute Gasteiger partial charge is 0.357 e. The molecule has 0 bridgehead atoms. The van der Waals surface area contributed by atoms with Crippen molar-refractivity contribution in [3.63, 3.8) is 0 Å². The molecule has 1 heterocycles. The molecule has 1 rings (SSSR count). The average Bonchev–Trinajstić information content (AvgIpc) is 2.89. The SMILES string of the molecule is CCNC(=NCc1ccnn1C)NCCCNS(=O)(=O)CC.I. The lowest BCUT2D eigenvalue weighted by Crippen LogP contribution is -2.39. The van der Waals surface area contributed by atoms with E-state index in [0.717, 1.165) is 12.2 Å². The second-order valence-corrected chi connectivity index (χ2v) is 6.81. The number of hydrogen-bond acceptors (Lipinski definition) is 4. The van der Waals surface area contributed by atoms with Crippen molar-refractivity contribution in [1.29, 1.82) is 0 Å². The van der Waals surface area contributed by atoms with Crippen LogP contribution in [-0.2, 0) is 23.6 Å². The normalized spacial score (nSPS) is 11.9. The van der Waals surface area contributed by atoms with Gasteiger partial charge in [-0.3, -0.25) is 4.68 Å². The molecule has 0 aliphatic rings. The van der Waals surface area contributed by atoms with E-state index in [-0.39, 0.29) is 29.7 Å². The quantitative estimate of drug-likeness (QED) is 0.216. The van der Waals surface area contributed by atoms with Crippen LogP contribution in [0.3, 0.4) is 0 Å². The number of aliphatic imine (C=N–C) groups is 1. The van der Waals surface area contributed by atoms with Crippen LogP contribution in [0.2, 0.25) is 0 Å². The zero-order chi connectivity index (χ0) is 16.4. The van der Waals surface area contributed by atoms with Crippen molar-refractivity contribution in [2.75, 3.05) is 25.4 Å². The van der Waals surface area contributed by atoms with E-state index in [1.807, 2.05) is 20.0 Å². The fourth-order valence-electron chi connectivity index (χ4n) is 1.68. The van der Waals surface area contributed by atoms with Gasteiger partial charge in [0.05, 0.1) is 18.0 Å². The molecule has 8 nitrogen and oxygen atoms in total. The molecule has 0 spiro atoms. The van der Waals surface area contributed by atoms with E-state index in [0.29, 0.717) is 32.0 Å². The molecule has 23 heavy (non-hydrogen) atoms. The van der Waals surface area contributed by atoms with Gasteiger partial charge in [0.1, 0.15) is 0 Å². The Kier molecular flexibility index (Phi) is 11.2. The van der Waals surface area contributed by atoms with E-state index >= 15 is 0 Å². The Morgan fingerprint density at radius 3 is 2.61 bits per heavy atom. The van der Waals surface area contributed by atoms with Gasteiger partial charge < -0.3 is 10.6 Å². The maximum atomic E-state index is 11.3. The topological polar surface area (TPSA) is 100 Å². The van der Waals surface area contributed by atoms with Crippen molar-refractivity contribution in [1.82, 2.24) is 25.1 Å². The van der Waals surface area contributed by atoms with Gasteiger partial charge in [0.2, 0.25) is 10.0 Å². The monoisotopic (exact) mass is 458 g/mol. The predicted molar refractivity (Wildman–Crippen MR) is 104 cm³/mol. The highest BCUT2D eigenvalue weighted by Crippen LogP contribution is 1.97. The zero-order valence-electron chi connectivity index (χ0n) is 13.9. The van der Waals surface area contributed by atoms with Crippen LogP contribution in [0, 0.1) is 0 Å². The third kappa shape index (κ3) is 9.11. The maximum absolute atomic E-state index is 11.3. The summed E-state index contributed by atoms with van der Waals surface area (Å²) in [5, 5.41) is 10.4. The number of aromatic nitrogens is 2. The zero-order valence-corrected chi connectivity index (χ0v) is 17.0. The van der Waals surface area contributed by atoms with Crippen LogP contribution in [0.15, 0.2) is 17.3 Å². The highest BCUT2D eigenvalue weighted by molar-refractivity contribution is 14.0. The van der Waals surface area contributed by atoms with Crippen molar-refractivity contribution in [2.24, 2.45) is 12.0 Å². The van der Waals surface area contributed by atoms with Gasteiger partial charge in [-0.05, 0) is 26.3 Å². The molecule has 10 heteroatoms. The molecule has 0 aliphatic heterocycles. The highest BCUT2D eigenvalue weighted by atomic mass is 127. The summed E-state index contributed by atoms with van der Waals surface area (Å²) >= 11 is 0. The van der Waals surface area contributed by atoms with Crippen molar-refractivity contribution in [3.05, 3.63) is 18.0 Å². The van der Waals surface area contributed by atoms with Crippen molar-refractivity contribution >= 4 is 40.0 Å². The van der Waals surface area contributed by atoms with Crippen LogP contribution in [0.4, 0.5) is 0 Å².